The Kier molecular flexibility index (Phi) is 6.48. The van der Waals surface area contributed by atoms with Gasteiger partial charge in [0.05, 0.1) is 12.2 Å². The van der Waals surface area contributed by atoms with Crippen LogP contribution in [0.15, 0.2) is 39.3 Å². The molecule has 1 N–H and O–H groups in total. The molecule has 7 heteroatoms. The number of Topliss-reactive ketones (excluding diaryl/α,β-unsaturated/α-hetero) is 1. The van der Waals surface area contributed by atoms with Gasteiger partial charge in [-0.3, -0.25) is 9.59 Å². The van der Waals surface area contributed by atoms with Crippen molar-refractivity contribution in [2.45, 2.75) is 25.4 Å². The number of rotatable bonds is 4. The summed E-state index contributed by atoms with van der Waals surface area (Å²) < 4.78 is 5.73. The average Bonchev–Trinajstić information content (AvgIpc) is 2.46. The zero-order chi connectivity index (χ0) is 17.9. The zero-order valence-electron chi connectivity index (χ0n) is 13.0. The molecule has 0 unspecified atom stereocenters. The van der Waals surface area contributed by atoms with Gasteiger partial charge in [0.25, 0.3) is 0 Å². The number of benzene rings is 1. The maximum Gasteiger partial charge on any atom is 0.317 e. The maximum atomic E-state index is 12.6. The lowest BCUT2D eigenvalue weighted by Crippen LogP contribution is -2.45. The van der Waals surface area contributed by atoms with Crippen LogP contribution < -0.4 is 0 Å². The molecule has 1 aliphatic rings. The molecule has 0 radical (unpaired) electrons. The van der Waals surface area contributed by atoms with Crippen LogP contribution in [0.5, 0.6) is 0 Å². The number of hydrogen-bond donors (Lipinski definition) is 1. The monoisotopic (exact) mass is 434 g/mol. The van der Waals surface area contributed by atoms with Crippen molar-refractivity contribution in [2.75, 3.05) is 6.61 Å². The van der Waals surface area contributed by atoms with E-state index in [1.54, 1.807) is 25.1 Å². The highest BCUT2D eigenvalue weighted by molar-refractivity contribution is 9.10. The van der Waals surface area contributed by atoms with Crippen molar-refractivity contribution in [3.05, 3.63) is 44.9 Å². The highest BCUT2D eigenvalue weighted by Crippen LogP contribution is 2.43. The fourth-order valence-electron chi connectivity index (χ4n) is 3.07. The molecule has 24 heavy (non-hydrogen) atoms. The molecular weight excluding hydrogens is 419 g/mol. The Bertz CT molecular complexity index is 672. The van der Waals surface area contributed by atoms with Crippen molar-refractivity contribution in [3.63, 3.8) is 0 Å². The summed E-state index contributed by atoms with van der Waals surface area (Å²) in [6.07, 6.45) is 1.39. The lowest BCUT2D eigenvalue weighted by molar-refractivity contribution is -0.159. The van der Waals surface area contributed by atoms with Crippen LogP contribution in [0.2, 0.25) is 0 Å². The Hall–Kier alpha value is -0.880. The second kappa shape index (κ2) is 8.00. The molecule has 4 nitrogen and oxygen atoms in total. The predicted molar refractivity (Wildman–Crippen MR) is 95.7 cm³/mol. The molecular formula is C17H17BrCl2O4. The minimum atomic E-state index is -1.39. The summed E-state index contributed by atoms with van der Waals surface area (Å²) >= 11 is 14.8. The van der Waals surface area contributed by atoms with Crippen LogP contribution in [0, 0.1) is 11.8 Å². The molecule has 0 heterocycles. The molecule has 0 spiro atoms. The summed E-state index contributed by atoms with van der Waals surface area (Å²) in [5.74, 6) is -2.66. The van der Waals surface area contributed by atoms with Crippen molar-refractivity contribution in [2.24, 2.45) is 11.8 Å². The second-order valence-corrected chi connectivity index (χ2v) is 7.66. The van der Waals surface area contributed by atoms with E-state index < -0.39 is 29.2 Å². The maximum absolute atomic E-state index is 12.6. The summed E-state index contributed by atoms with van der Waals surface area (Å²) in [5, 5.41) is 11.0. The number of carbonyl (C=O) groups excluding carboxylic acids is 2. The first-order valence-corrected chi connectivity index (χ1v) is 9.02. The largest absolute Gasteiger partial charge is 0.465 e. The third kappa shape index (κ3) is 4.39. The topological polar surface area (TPSA) is 63.6 Å². The molecule has 0 amide bonds. The number of halogens is 3. The van der Waals surface area contributed by atoms with E-state index in [4.69, 9.17) is 27.9 Å². The highest BCUT2D eigenvalue weighted by Gasteiger charge is 2.48. The van der Waals surface area contributed by atoms with E-state index >= 15 is 0 Å². The normalized spacial score (nSPS) is 26.8. The average molecular weight is 436 g/mol. The van der Waals surface area contributed by atoms with Crippen LogP contribution in [0.25, 0.3) is 0 Å². The summed E-state index contributed by atoms with van der Waals surface area (Å²) in [5.41, 5.74) is -0.800. The van der Waals surface area contributed by atoms with Gasteiger partial charge in [-0.1, -0.05) is 51.3 Å². The van der Waals surface area contributed by atoms with Crippen molar-refractivity contribution in [3.8, 4) is 0 Å². The first kappa shape index (κ1) is 19.4. The second-order valence-electron chi connectivity index (χ2n) is 5.74. The molecule has 1 saturated carbocycles. The van der Waals surface area contributed by atoms with E-state index in [0.717, 1.165) is 4.47 Å². The predicted octanol–water partition coefficient (Wildman–Crippen LogP) is 4.11. The molecule has 0 bridgehead atoms. The zero-order valence-corrected chi connectivity index (χ0v) is 16.1. The number of hydrogen-bond acceptors (Lipinski definition) is 4. The minimum absolute atomic E-state index is 0.0550. The molecule has 2 rings (SSSR count). The summed E-state index contributed by atoms with van der Waals surface area (Å²) in [4.78, 5) is 24.7. The van der Waals surface area contributed by atoms with E-state index in [2.05, 4.69) is 15.9 Å². The van der Waals surface area contributed by atoms with Gasteiger partial charge in [-0.05, 0) is 37.1 Å². The minimum Gasteiger partial charge on any atom is -0.465 e. The number of ketones is 1. The Morgan fingerprint density at radius 1 is 1.50 bits per heavy atom. The summed E-state index contributed by atoms with van der Waals surface area (Å²) in [6.45, 7) is 1.84. The number of esters is 1. The number of aliphatic hydroxyl groups is 1. The van der Waals surface area contributed by atoms with E-state index in [0.29, 0.717) is 5.56 Å². The highest BCUT2D eigenvalue weighted by atomic mass is 79.9. The quantitative estimate of drug-likeness (QED) is 0.570. The fourth-order valence-corrected chi connectivity index (χ4v) is 3.79. The van der Waals surface area contributed by atoms with E-state index in [1.807, 2.05) is 6.07 Å². The van der Waals surface area contributed by atoms with Crippen molar-refractivity contribution < 1.29 is 19.4 Å². The smallest absolute Gasteiger partial charge is 0.317 e. The van der Waals surface area contributed by atoms with Crippen molar-refractivity contribution in [1.82, 2.24) is 0 Å². The van der Waals surface area contributed by atoms with E-state index in [-0.39, 0.29) is 23.9 Å². The lowest BCUT2D eigenvalue weighted by atomic mass is 9.68. The van der Waals surface area contributed by atoms with Gasteiger partial charge < -0.3 is 9.84 Å². The Labute approximate surface area is 158 Å². The van der Waals surface area contributed by atoms with Gasteiger partial charge in [0, 0.05) is 16.8 Å². The molecule has 1 fully saturated rings. The molecule has 130 valence electrons. The van der Waals surface area contributed by atoms with Gasteiger partial charge in [0.2, 0.25) is 0 Å². The van der Waals surface area contributed by atoms with Crippen molar-refractivity contribution >= 4 is 50.9 Å². The van der Waals surface area contributed by atoms with Crippen LogP contribution in [0.4, 0.5) is 0 Å². The standard InChI is InChI=1S/C17H17BrCl2O4/c1-2-24-16(22)15-10(6-14(19)20)8-17(23,9-13(15)21)11-4-3-5-12(18)7-11/h3-7,10,15,23H,2,8-9H2,1H3/t10-,15+,17+/m0/s1. The van der Waals surface area contributed by atoms with Gasteiger partial charge in [-0.15, -0.1) is 0 Å². The van der Waals surface area contributed by atoms with Gasteiger partial charge in [-0.25, -0.2) is 0 Å². The van der Waals surface area contributed by atoms with Gasteiger partial charge >= 0.3 is 5.97 Å². The number of allylic oxidation sites excluding steroid dienone is 1. The van der Waals surface area contributed by atoms with Gasteiger partial charge in [-0.2, -0.15) is 0 Å². The van der Waals surface area contributed by atoms with Crippen molar-refractivity contribution in [1.29, 1.82) is 0 Å². The molecule has 0 aliphatic heterocycles. The van der Waals surface area contributed by atoms with Crippen LogP contribution >= 0.6 is 39.1 Å². The first-order chi connectivity index (χ1) is 11.3. The van der Waals surface area contributed by atoms with Crippen LogP contribution in [-0.4, -0.2) is 23.5 Å². The van der Waals surface area contributed by atoms with Crippen LogP contribution in [0.1, 0.15) is 25.3 Å². The molecule has 1 aromatic carbocycles. The Morgan fingerprint density at radius 3 is 2.79 bits per heavy atom. The molecule has 0 aromatic heterocycles. The third-order valence-corrected chi connectivity index (χ3v) is 4.80. The molecule has 3 atom stereocenters. The third-order valence-electron chi connectivity index (χ3n) is 4.06. The van der Waals surface area contributed by atoms with E-state index in [1.165, 1.54) is 6.08 Å². The summed E-state index contributed by atoms with van der Waals surface area (Å²) in [6, 6.07) is 7.09. The molecule has 1 aromatic rings. The Balaban J connectivity index is 2.40. The SMILES string of the molecule is CCOC(=O)[C@H]1C(=O)C[C@@](O)(c2cccc(Br)c2)C[C@@H]1C=C(Cl)Cl. The van der Waals surface area contributed by atoms with Crippen LogP contribution in [-0.2, 0) is 19.9 Å². The first-order valence-electron chi connectivity index (χ1n) is 7.47. The summed E-state index contributed by atoms with van der Waals surface area (Å²) in [7, 11) is 0. The number of carbonyl (C=O) groups is 2. The van der Waals surface area contributed by atoms with Gasteiger partial charge in [0.15, 0.2) is 5.78 Å². The van der Waals surface area contributed by atoms with E-state index in [9.17, 15) is 14.7 Å². The van der Waals surface area contributed by atoms with Crippen LogP contribution in [0.3, 0.4) is 0 Å². The Morgan fingerprint density at radius 2 is 2.21 bits per heavy atom. The molecule has 1 aliphatic carbocycles. The molecule has 0 saturated heterocycles. The fraction of sp³-hybridized carbons (Fsp3) is 0.412. The lowest BCUT2D eigenvalue weighted by Gasteiger charge is -2.39. The number of ether oxygens (including phenoxy) is 1. The van der Waals surface area contributed by atoms with Gasteiger partial charge in [0.1, 0.15) is 10.4 Å².